The number of Topliss-reactive ketones (excluding diaryl/α,β-unsaturated/α-hetero) is 1. The van der Waals surface area contributed by atoms with Crippen molar-refractivity contribution in [3.8, 4) is 5.75 Å². The number of halogens is 2. The van der Waals surface area contributed by atoms with Gasteiger partial charge in [-0.2, -0.15) is 0 Å². The first-order valence-corrected chi connectivity index (χ1v) is 27.2. The Balaban J connectivity index is 0.774. The van der Waals surface area contributed by atoms with Crippen molar-refractivity contribution in [3.05, 3.63) is 102 Å². The van der Waals surface area contributed by atoms with E-state index in [0.717, 1.165) is 34.4 Å². The zero-order chi connectivity index (χ0) is 59.2. The number of carboxylic acids is 1. The Kier molecular flexibility index (Phi) is 16.8. The second kappa shape index (κ2) is 23.2. The van der Waals surface area contributed by atoms with E-state index >= 15 is 8.78 Å². The highest BCUT2D eigenvalue weighted by Gasteiger charge is 2.78. The lowest BCUT2D eigenvalue weighted by Crippen LogP contribution is -2.69. The molecule has 440 valence electrons. The molecule has 9 rings (SSSR count). The Labute approximate surface area is 469 Å². The number of hydrogen-bond donors (Lipinski definition) is 9. The number of amides is 5. The molecule has 3 aliphatic heterocycles. The number of aryl methyl sites for hydroxylation is 1. The number of allylic oxidation sites excluding steroid dienone is 5. The van der Waals surface area contributed by atoms with Gasteiger partial charge in [0.15, 0.2) is 23.3 Å². The maximum Gasteiger partial charge on any atom is 0.411 e. The van der Waals surface area contributed by atoms with Gasteiger partial charge in [0.25, 0.3) is 11.8 Å². The SMILES string of the molecule is C=C(CCCc1ccc(N2C[C@@H]3C[C@H]4[C@@H]5C[C@H](F)C6=CC(=O)C=C[C@]6(C)[C@@]5(F)[C@@H](O)C[C@]4(C)[C@]3(C(=O)CO)C2)cc1)NC(=O)OCc1ccc(O[C@@H]2O[C@H](C(=O)O)[C@@H](O)[C@H](O)[C@H]2O)c(NC(=O)CCNC(=O)CCN2C(=O)C=CC2=O)c1. The molecule has 5 amide bonds. The number of ether oxygens (including phenoxy) is 3. The molecule has 0 bridgehead atoms. The predicted molar refractivity (Wildman–Crippen MR) is 284 cm³/mol. The second-order valence-corrected chi connectivity index (χ2v) is 22.8. The van der Waals surface area contributed by atoms with Gasteiger partial charge in [0.05, 0.1) is 17.2 Å². The fraction of sp³-hybridized carbons (Fsp3) is 0.517. The van der Waals surface area contributed by atoms with Gasteiger partial charge in [-0.3, -0.25) is 39.0 Å². The number of carboxylic acid groups (broad SMARTS) is 1. The maximum absolute atomic E-state index is 17.9. The highest BCUT2D eigenvalue weighted by molar-refractivity contribution is 6.13. The first-order valence-electron chi connectivity index (χ1n) is 27.2. The van der Waals surface area contributed by atoms with Gasteiger partial charge in [-0.05, 0) is 116 Å². The largest absolute Gasteiger partial charge is 0.479 e. The lowest BCUT2D eigenvalue weighted by atomic mass is 9.43. The standard InChI is InChI=1S/C58H67F2N5O17/c1-30(62-54(79)80-28-32-9-12-41(81-53-50(76)48(74)49(75)51(82-53)52(77)78)40(21-32)63-45(71)16-19-61-44(70)17-20-65-46(72)13-14-47(65)73)5-4-6-31-7-10-34(11-8-31)64-26-33-22-36-37-24-39(59)38-23-35(67)15-18-55(38,2)58(37,60)42(68)25-56(36,3)57(33,29-64)43(69)27-66/h7-15,18,21,23,33,36-37,39,42,48-51,53,66,68,74-76H,1,4-6,16-17,19-20,22,24-29H2,2-3H3,(H,61,70)(H,62,79)(H,63,71)(H,77,78)/t33-,36-,37-,39-,42-,48-,49-,50+,51-,53+,55-,56-,57+,58-/m0/s1. The molecule has 5 fully saturated rings. The van der Waals surface area contributed by atoms with Crippen LogP contribution < -0.4 is 25.6 Å². The minimum atomic E-state index is -2.29. The van der Waals surface area contributed by atoms with Crippen LogP contribution in [-0.4, -0.2) is 164 Å². The molecule has 4 aliphatic carbocycles. The molecular weight excluding hydrogens is 1080 g/mol. The van der Waals surface area contributed by atoms with Crippen molar-refractivity contribution in [1.29, 1.82) is 0 Å². The molecule has 2 aromatic carbocycles. The van der Waals surface area contributed by atoms with E-state index in [2.05, 4.69) is 27.4 Å². The molecule has 0 unspecified atom stereocenters. The van der Waals surface area contributed by atoms with Crippen LogP contribution in [0.2, 0.25) is 0 Å². The van der Waals surface area contributed by atoms with Crippen LogP contribution in [0.3, 0.4) is 0 Å². The van der Waals surface area contributed by atoms with Crippen LogP contribution in [0.25, 0.3) is 0 Å². The van der Waals surface area contributed by atoms with Crippen molar-refractivity contribution in [2.75, 3.05) is 43.0 Å². The number of anilines is 2. The van der Waals surface area contributed by atoms with Crippen LogP contribution in [0.4, 0.5) is 25.0 Å². The lowest BCUT2D eigenvalue weighted by Gasteiger charge is -2.63. The lowest BCUT2D eigenvalue weighted by molar-refractivity contribution is -0.271. The summed E-state index contributed by atoms with van der Waals surface area (Å²) < 4.78 is 50.3. The van der Waals surface area contributed by atoms with E-state index in [0.29, 0.717) is 43.5 Å². The summed E-state index contributed by atoms with van der Waals surface area (Å²) in [5, 5.41) is 70.6. The van der Waals surface area contributed by atoms with Crippen molar-refractivity contribution >= 4 is 58.6 Å². The zero-order valence-corrected chi connectivity index (χ0v) is 45.1. The molecule has 24 heteroatoms. The number of alkyl halides is 2. The third-order valence-corrected chi connectivity index (χ3v) is 18.2. The summed E-state index contributed by atoms with van der Waals surface area (Å²) in [6.45, 7) is 6.56. The number of rotatable bonds is 20. The number of aliphatic carboxylic acids is 1. The van der Waals surface area contributed by atoms with E-state index in [1.807, 2.05) is 31.2 Å². The predicted octanol–water partition coefficient (Wildman–Crippen LogP) is 2.39. The average Bonchev–Trinajstić information content (AvgIpc) is 4.25. The number of benzene rings is 2. The Morgan fingerprint density at radius 3 is 2.28 bits per heavy atom. The first kappa shape index (κ1) is 59.4. The minimum Gasteiger partial charge on any atom is -0.479 e. The van der Waals surface area contributed by atoms with Gasteiger partial charge in [0, 0.05) is 73.9 Å². The zero-order valence-electron chi connectivity index (χ0n) is 45.1. The van der Waals surface area contributed by atoms with Crippen LogP contribution in [-0.2, 0) is 56.1 Å². The summed E-state index contributed by atoms with van der Waals surface area (Å²) in [6.07, 6.45) is -6.83. The Morgan fingerprint density at radius 2 is 1.59 bits per heavy atom. The summed E-state index contributed by atoms with van der Waals surface area (Å²) >= 11 is 0. The van der Waals surface area contributed by atoms with E-state index in [9.17, 15) is 69.0 Å². The van der Waals surface area contributed by atoms with Crippen molar-refractivity contribution in [1.82, 2.24) is 15.5 Å². The number of fused-ring (bicyclic) bond motifs is 7. The maximum atomic E-state index is 17.9. The molecule has 0 radical (unpaired) electrons. The number of hydrogen-bond acceptors (Lipinski definition) is 17. The number of aliphatic hydroxyl groups excluding tert-OH is 5. The Morgan fingerprint density at radius 1 is 0.878 bits per heavy atom. The fourth-order valence-electron chi connectivity index (χ4n) is 14.0. The topological polar surface area (TPSA) is 328 Å². The number of nitrogens with zero attached hydrogens (tertiary/aromatic N) is 2. The average molecular weight is 1140 g/mol. The number of carbonyl (C=O) groups excluding carboxylic acids is 7. The van der Waals surface area contributed by atoms with Crippen LogP contribution in [0.1, 0.15) is 69.9 Å². The van der Waals surface area contributed by atoms with E-state index < -0.39 is 131 Å². The minimum absolute atomic E-state index is 0.0294. The van der Waals surface area contributed by atoms with Gasteiger partial charge >= 0.3 is 12.1 Å². The molecule has 14 atom stereocenters. The van der Waals surface area contributed by atoms with Crippen molar-refractivity contribution < 1.29 is 92.0 Å². The molecule has 2 aromatic rings. The molecule has 22 nitrogen and oxygen atoms in total. The molecular formula is C58H67F2N5O17. The summed E-state index contributed by atoms with van der Waals surface area (Å²) in [5.41, 5.74) is -3.61. The van der Waals surface area contributed by atoms with Crippen molar-refractivity contribution in [3.63, 3.8) is 0 Å². The van der Waals surface area contributed by atoms with Crippen LogP contribution >= 0.6 is 0 Å². The third-order valence-electron chi connectivity index (χ3n) is 18.2. The van der Waals surface area contributed by atoms with Crippen LogP contribution in [0.15, 0.2) is 90.7 Å². The van der Waals surface area contributed by atoms with Gasteiger partial charge in [-0.1, -0.05) is 37.8 Å². The summed E-state index contributed by atoms with van der Waals surface area (Å²) in [5.74, 6) is -6.77. The van der Waals surface area contributed by atoms with Crippen LogP contribution in [0.5, 0.6) is 5.75 Å². The number of carbonyl (C=O) groups is 8. The summed E-state index contributed by atoms with van der Waals surface area (Å²) in [7, 11) is 0. The van der Waals surface area contributed by atoms with Crippen LogP contribution in [0, 0.1) is 34.0 Å². The number of imide groups is 1. The number of aliphatic hydroxyl groups is 5. The van der Waals surface area contributed by atoms with E-state index in [1.165, 1.54) is 30.4 Å². The molecule has 0 aromatic heterocycles. The molecule has 3 saturated carbocycles. The van der Waals surface area contributed by atoms with Gasteiger partial charge in [0.2, 0.25) is 18.1 Å². The number of nitrogens with one attached hydrogen (secondary N) is 3. The highest BCUT2D eigenvalue weighted by atomic mass is 19.1. The third kappa shape index (κ3) is 10.7. The molecule has 2 saturated heterocycles. The molecule has 7 aliphatic rings. The smallest absolute Gasteiger partial charge is 0.411 e. The van der Waals surface area contributed by atoms with Gasteiger partial charge in [-0.15, -0.1) is 0 Å². The normalized spacial score (nSPS) is 33.4. The molecule has 9 N–H and O–H groups in total. The summed E-state index contributed by atoms with van der Waals surface area (Å²) in [4.78, 5) is 103. The first-order chi connectivity index (χ1) is 38.8. The Hall–Kier alpha value is -7.22. The summed E-state index contributed by atoms with van der Waals surface area (Å²) in [6, 6.07) is 11.8. The van der Waals surface area contributed by atoms with E-state index in [-0.39, 0.29) is 74.9 Å². The Bertz CT molecular complexity index is 3010. The molecule has 3 heterocycles. The van der Waals surface area contributed by atoms with E-state index in [1.54, 1.807) is 6.92 Å². The monoisotopic (exact) mass is 1140 g/mol. The number of alkyl carbamates (subject to hydrolysis) is 1. The van der Waals surface area contributed by atoms with Gasteiger partial charge in [0.1, 0.15) is 43.4 Å². The van der Waals surface area contributed by atoms with E-state index in [4.69, 9.17) is 14.2 Å². The molecule has 0 spiro atoms. The van der Waals surface area contributed by atoms with Gasteiger partial charge < -0.3 is 60.4 Å². The highest BCUT2D eigenvalue weighted by Crippen LogP contribution is 2.74. The fourth-order valence-corrected chi connectivity index (χ4v) is 14.0. The second-order valence-electron chi connectivity index (χ2n) is 22.8. The number of ketones is 2. The molecule has 82 heavy (non-hydrogen) atoms. The van der Waals surface area contributed by atoms with Gasteiger partial charge in [-0.25, -0.2) is 18.4 Å². The van der Waals surface area contributed by atoms with Crippen molar-refractivity contribution in [2.45, 2.75) is 120 Å². The van der Waals surface area contributed by atoms with Crippen molar-refractivity contribution in [2.24, 2.45) is 34.0 Å². The quantitative estimate of drug-likeness (QED) is 0.0860.